The Morgan fingerprint density at radius 2 is 1.83 bits per heavy atom. The van der Waals surface area contributed by atoms with E-state index in [-0.39, 0.29) is 11.5 Å². The number of rotatable bonds is 5. The van der Waals surface area contributed by atoms with E-state index in [2.05, 4.69) is 5.32 Å². The molecule has 0 radical (unpaired) electrons. The van der Waals surface area contributed by atoms with E-state index in [9.17, 15) is 14.9 Å². The molecule has 0 bridgehead atoms. The predicted octanol–water partition coefficient (Wildman–Crippen LogP) is 6.33. The molecule has 3 aromatic carbocycles. The Morgan fingerprint density at radius 3 is 2.51 bits per heavy atom. The SMILES string of the molecule is Cc1cccc(NC(=O)/C(C#N)=C2\SC(Cc3ccccc3Cl)C(=O)N2c2ccc(C)c(C)c2)c1. The summed E-state index contributed by atoms with van der Waals surface area (Å²) in [6.45, 7) is 5.88. The monoisotopic (exact) mass is 501 g/mol. The summed E-state index contributed by atoms with van der Waals surface area (Å²) in [6.07, 6.45) is 0.381. The number of amides is 2. The van der Waals surface area contributed by atoms with Gasteiger partial charge in [0, 0.05) is 16.4 Å². The molecule has 3 aromatic rings. The third kappa shape index (κ3) is 5.27. The van der Waals surface area contributed by atoms with Gasteiger partial charge in [-0.1, -0.05) is 59.8 Å². The van der Waals surface area contributed by atoms with Crippen LogP contribution in [0.2, 0.25) is 5.02 Å². The van der Waals surface area contributed by atoms with Gasteiger partial charge in [0.1, 0.15) is 16.7 Å². The lowest BCUT2D eigenvalue weighted by Crippen LogP contribution is -2.31. The van der Waals surface area contributed by atoms with E-state index < -0.39 is 11.2 Å². The van der Waals surface area contributed by atoms with Crippen LogP contribution in [-0.4, -0.2) is 17.1 Å². The van der Waals surface area contributed by atoms with Crippen molar-refractivity contribution >= 4 is 46.6 Å². The third-order valence-corrected chi connectivity index (χ3v) is 7.52. The van der Waals surface area contributed by atoms with Gasteiger partial charge in [-0.25, -0.2) is 0 Å². The molecule has 7 heteroatoms. The lowest BCUT2D eigenvalue weighted by Gasteiger charge is -2.20. The van der Waals surface area contributed by atoms with Crippen molar-refractivity contribution in [3.63, 3.8) is 0 Å². The number of carbonyl (C=O) groups excluding carboxylic acids is 2. The number of aryl methyl sites for hydroxylation is 3. The number of halogens is 1. The molecule has 0 aromatic heterocycles. The van der Waals surface area contributed by atoms with E-state index in [0.29, 0.717) is 27.8 Å². The number of hydrogen-bond donors (Lipinski definition) is 1. The Kier molecular flexibility index (Phi) is 7.30. The Hall–Kier alpha value is -3.53. The maximum absolute atomic E-state index is 13.7. The summed E-state index contributed by atoms with van der Waals surface area (Å²) in [7, 11) is 0. The average Bonchev–Trinajstić information content (AvgIpc) is 3.13. The van der Waals surface area contributed by atoms with Gasteiger partial charge in [-0.05, 0) is 79.8 Å². The first-order chi connectivity index (χ1) is 16.8. The van der Waals surface area contributed by atoms with E-state index >= 15 is 0 Å². The molecule has 1 aliphatic rings. The molecule has 4 rings (SSSR count). The molecule has 1 heterocycles. The number of nitrogens with zero attached hydrogens (tertiary/aromatic N) is 2. The highest BCUT2D eigenvalue weighted by atomic mass is 35.5. The largest absolute Gasteiger partial charge is 0.321 e. The minimum Gasteiger partial charge on any atom is -0.321 e. The molecule has 2 amide bonds. The Morgan fingerprint density at radius 1 is 1.06 bits per heavy atom. The topological polar surface area (TPSA) is 73.2 Å². The molecule has 0 aliphatic carbocycles. The predicted molar refractivity (Wildman–Crippen MR) is 142 cm³/mol. The second-order valence-electron chi connectivity index (χ2n) is 8.46. The minimum absolute atomic E-state index is 0.107. The molecule has 1 unspecified atom stereocenters. The smallest absolute Gasteiger partial charge is 0.269 e. The Balaban J connectivity index is 1.76. The second kappa shape index (κ2) is 10.4. The van der Waals surface area contributed by atoms with Crippen LogP contribution >= 0.6 is 23.4 Å². The maximum atomic E-state index is 13.7. The molecule has 0 spiro atoms. The standard InChI is InChI=1S/C28H24ClN3O2S/c1-17-7-6-9-21(13-17)31-26(33)23(16-30)28-32(22-12-11-18(2)19(3)14-22)27(34)25(35-28)15-20-8-4-5-10-24(20)29/h4-14,25H,15H2,1-3H3,(H,31,33)/b28-23-. The van der Waals surface area contributed by atoms with Crippen molar-refractivity contribution in [3.05, 3.63) is 105 Å². The number of anilines is 2. The molecule has 176 valence electrons. The molecule has 0 saturated carbocycles. The summed E-state index contributed by atoms with van der Waals surface area (Å²) < 4.78 is 0. The van der Waals surface area contributed by atoms with E-state index in [1.165, 1.54) is 16.7 Å². The van der Waals surface area contributed by atoms with Gasteiger partial charge in [-0.3, -0.25) is 14.5 Å². The molecule has 5 nitrogen and oxygen atoms in total. The highest BCUT2D eigenvalue weighted by Crippen LogP contribution is 2.43. The van der Waals surface area contributed by atoms with Gasteiger partial charge in [-0.15, -0.1) is 0 Å². The third-order valence-electron chi connectivity index (χ3n) is 5.89. The summed E-state index contributed by atoms with van der Waals surface area (Å²) in [5, 5.41) is 13.2. The van der Waals surface area contributed by atoms with Gasteiger partial charge in [0.2, 0.25) is 5.91 Å². The lowest BCUT2D eigenvalue weighted by molar-refractivity contribution is -0.117. The number of nitriles is 1. The molecular formula is C28H24ClN3O2S. The molecule has 1 fully saturated rings. The zero-order valence-corrected chi connectivity index (χ0v) is 21.2. The molecular weight excluding hydrogens is 478 g/mol. The van der Waals surface area contributed by atoms with Crippen LogP contribution in [0.1, 0.15) is 22.3 Å². The normalized spacial score (nSPS) is 16.7. The van der Waals surface area contributed by atoms with Crippen molar-refractivity contribution in [3.8, 4) is 6.07 Å². The summed E-state index contributed by atoms with van der Waals surface area (Å²) in [5.74, 6) is -0.745. The van der Waals surface area contributed by atoms with Crippen molar-refractivity contribution in [2.45, 2.75) is 32.4 Å². The first kappa shape index (κ1) is 24.6. The van der Waals surface area contributed by atoms with Gasteiger partial charge < -0.3 is 5.32 Å². The quantitative estimate of drug-likeness (QED) is 0.327. The fourth-order valence-electron chi connectivity index (χ4n) is 3.87. The number of hydrogen-bond acceptors (Lipinski definition) is 4. The molecule has 35 heavy (non-hydrogen) atoms. The van der Waals surface area contributed by atoms with Crippen LogP contribution in [0.15, 0.2) is 77.3 Å². The highest BCUT2D eigenvalue weighted by molar-refractivity contribution is 8.05. The van der Waals surface area contributed by atoms with Crippen molar-refractivity contribution in [1.29, 1.82) is 5.26 Å². The number of thioether (sulfide) groups is 1. The zero-order valence-electron chi connectivity index (χ0n) is 19.6. The van der Waals surface area contributed by atoms with Crippen LogP contribution in [0.5, 0.6) is 0 Å². The van der Waals surface area contributed by atoms with Crippen LogP contribution in [0, 0.1) is 32.1 Å². The van der Waals surface area contributed by atoms with Crippen LogP contribution in [0.4, 0.5) is 11.4 Å². The Labute approximate surface area is 214 Å². The van der Waals surface area contributed by atoms with Crippen molar-refractivity contribution in [2.24, 2.45) is 0 Å². The summed E-state index contributed by atoms with van der Waals surface area (Å²) in [5.41, 5.74) is 5.02. The molecule has 1 N–H and O–H groups in total. The summed E-state index contributed by atoms with van der Waals surface area (Å²) >= 11 is 7.58. The molecule has 1 saturated heterocycles. The van der Waals surface area contributed by atoms with Gasteiger partial charge in [0.15, 0.2) is 0 Å². The van der Waals surface area contributed by atoms with Crippen molar-refractivity contribution in [1.82, 2.24) is 0 Å². The molecule has 1 aliphatic heterocycles. The molecule has 1 atom stereocenters. The van der Waals surface area contributed by atoms with Crippen molar-refractivity contribution < 1.29 is 9.59 Å². The van der Waals surface area contributed by atoms with Gasteiger partial charge in [0.25, 0.3) is 5.91 Å². The number of benzene rings is 3. The van der Waals surface area contributed by atoms with E-state index in [1.807, 2.05) is 81.4 Å². The average molecular weight is 502 g/mol. The van der Waals surface area contributed by atoms with Gasteiger partial charge in [-0.2, -0.15) is 5.26 Å². The van der Waals surface area contributed by atoms with E-state index in [0.717, 1.165) is 22.3 Å². The first-order valence-electron chi connectivity index (χ1n) is 11.1. The van der Waals surface area contributed by atoms with Gasteiger partial charge >= 0.3 is 0 Å². The van der Waals surface area contributed by atoms with E-state index in [1.54, 1.807) is 12.1 Å². The van der Waals surface area contributed by atoms with Gasteiger partial charge in [0.05, 0.1) is 5.25 Å². The zero-order chi connectivity index (χ0) is 25.1. The fourth-order valence-corrected chi connectivity index (χ4v) is 5.38. The fraction of sp³-hybridized carbons (Fsp3) is 0.179. The number of nitrogens with one attached hydrogen (secondary N) is 1. The van der Waals surface area contributed by atoms with Crippen LogP contribution < -0.4 is 10.2 Å². The van der Waals surface area contributed by atoms with Crippen molar-refractivity contribution in [2.75, 3.05) is 10.2 Å². The summed E-state index contributed by atoms with van der Waals surface area (Å²) in [4.78, 5) is 28.4. The first-order valence-corrected chi connectivity index (χ1v) is 12.4. The van der Waals surface area contributed by atoms with Crippen LogP contribution in [-0.2, 0) is 16.0 Å². The Bertz CT molecular complexity index is 1390. The van der Waals surface area contributed by atoms with E-state index in [4.69, 9.17) is 11.6 Å². The lowest BCUT2D eigenvalue weighted by atomic mass is 10.1. The highest BCUT2D eigenvalue weighted by Gasteiger charge is 2.41. The minimum atomic E-state index is -0.555. The maximum Gasteiger partial charge on any atom is 0.269 e. The van der Waals surface area contributed by atoms with Crippen LogP contribution in [0.25, 0.3) is 0 Å². The van der Waals surface area contributed by atoms with Crippen LogP contribution in [0.3, 0.4) is 0 Å². The number of carbonyl (C=O) groups is 2. The second-order valence-corrected chi connectivity index (χ2v) is 10.1. The summed E-state index contributed by atoms with van der Waals surface area (Å²) in [6, 6.07) is 22.4.